The van der Waals surface area contributed by atoms with Crippen molar-refractivity contribution in [2.24, 2.45) is 0 Å². The Balaban J connectivity index is 1.31. The molecule has 2 aliphatic heterocycles. The maximum atomic E-state index is 13.0. The van der Waals surface area contributed by atoms with Crippen molar-refractivity contribution in [1.82, 2.24) is 20.0 Å². The fourth-order valence-corrected chi connectivity index (χ4v) is 4.88. The molecule has 4 rings (SSSR count). The molecule has 0 aromatic heterocycles. The van der Waals surface area contributed by atoms with Crippen molar-refractivity contribution in [1.29, 1.82) is 0 Å². The molecule has 2 saturated heterocycles. The molecule has 1 aromatic carbocycles. The second kappa shape index (κ2) is 8.78. The molecular formula is C22H29F3N4O2. The summed E-state index contributed by atoms with van der Waals surface area (Å²) in [6.07, 6.45) is 1.01. The largest absolute Gasteiger partial charge is 0.416 e. The molecule has 0 radical (unpaired) electrons. The van der Waals surface area contributed by atoms with E-state index in [1.807, 2.05) is 0 Å². The molecule has 0 atom stereocenters. The van der Waals surface area contributed by atoms with Crippen LogP contribution in [0.1, 0.15) is 49.7 Å². The third-order valence-corrected chi connectivity index (χ3v) is 6.66. The van der Waals surface area contributed by atoms with Crippen LogP contribution in [0.25, 0.3) is 0 Å². The standard InChI is InChI=1S/C22H29F3N4O2/c23-22(24,25)18-7-5-17(6-8-18)15-27-11-4-12-28(14-13-27)16-29-19(30)21(26-20(29)31)9-2-1-3-10-21/h5-8H,1-4,9-16H2,(H,26,31). The van der Waals surface area contributed by atoms with Crippen molar-refractivity contribution >= 4 is 11.9 Å². The Labute approximate surface area is 180 Å². The predicted molar refractivity (Wildman–Crippen MR) is 109 cm³/mol. The number of nitrogens with one attached hydrogen (secondary N) is 1. The zero-order chi connectivity index (χ0) is 22.1. The lowest BCUT2D eigenvalue weighted by Crippen LogP contribution is -2.49. The van der Waals surface area contributed by atoms with Gasteiger partial charge in [0.05, 0.1) is 12.2 Å². The molecule has 9 heteroatoms. The minimum absolute atomic E-state index is 0.0944. The highest BCUT2D eigenvalue weighted by Gasteiger charge is 2.51. The van der Waals surface area contributed by atoms with Gasteiger partial charge in [0.15, 0.2) is 0 Å². The van der Waals surface area contributed by atoms with Crippen LogP contribution in [-0.2, 0) is 17.5 Å². The van der Waals surface area contributed by atoms with Crippen LogP contribution in [-0.4, -0.2) is 65.0 Å². The number of halogens is 3. The lowest BCUT2D eigenvalue weighted by atomic mass is 9.82. The second-order valence-electron chi connectivity index (χ2n) is 8.89. The van der Waals surface area contributed by atoms with E-state index in [0.717, 1.165) is 75.9 Å². The summed E-state index contributed by atoms with van der Waals surface area (Å²) in [5, 5.41) is 2.95. The smallest absolute Gasteiger partial charge is 0.323 e. The maximum absolute atomic E-state index is 13.0. The first-order valence-electron chi connectivity index (χ1n) is 11.0. The summed E-state index contributed by atoms with van der Waals surface area (Å²) >= 11 is 0. The molecule has 3 aliphatic rings. The van der Waals surface area contributed by atoms with Crippen molar-refractivity contribution in [3.8, 4) is 0 Å². The number of hydrogen-bond acceptors (Lipinski definition) is 4. The molecule has 170 valence electrons. The van der Waals surface area contributed by atoms with Gasteiger partial charge in [-0.15, -0.1) is 0 Å². The van der Waals surface area contributed by atoms with Gasteiger partial charge in [-0.3, -0.25) is 14.6 Å². The highest BCUT2D eigenvalue weighted by atomic mass is 19.4. The van der Waals surface area contributed by atoms with Gasteiger partial charge < -0.3 is 5.32 Å². The SMILES string of the molecule is O=C1NC2(CCCCC2)C(=O)N1CN1CCCN(Cc2ccc(C(F)(F)F)cc2)CC1. The molecule has 0 bridgehead atoms. The van der Waals surface area contributed by atoms with Gasteiger partial charge in [0.25, 0.3) is 5.91 Å². The van der Waals surface area contributed by atoms with Crippen molar-refractivity contribution in [3.05, 3.63) is 35.4 Å². The molecule has 1 spiro atoms. The first-order chi connectivity index (χ1) is 14.8. The van der Waals surface area contributed by atoms with Crippen LogP contribution in [0, 0.1) is 0 Å². The Morgan fingerprint density at radius 2 is 1.52 bits per heavy atom. The number of benzene rings is 1. The highest BCUT2D eigenvalue weighted by Crippen LogP contribution is 2.34. The van der Waals surface area contributed by atoms with Gasteiger partial charge in [-0.2, -0.15) is 13.2 Å². The van der Waals surface area contributed by atoms with Gasteiger partial charge in [0, 0.05) is 26.2 Å². The average molecular weight is 438 g/mol. The zero-order valence-corrected chi connectivity index (χ0v) is 17.6. The van der Waals surface area contributed by atoms with Gasteiger partial charge in [-0.1, -0.05) is 31.4 Å². The van der Waals surface area contributed by atoms with Crippen LogP contribution in [0.15, 0.2) is 24.3 Å². The Morgan fingerprint density at radius 3 is 2.19 bits per heavy atom. The van der Waals surface area contributed by atoms with Gasteiger partial charge >= 0.3 is 12.2 Å². The van der Waals surface area contributed by atoms with Gasteiger partial charge in [0.1, 0.15) is 5.54 Å². The molecule has 3 amide bonds. The number of hydrogen-bond donors (Lipinski definition) is 1. The van der Waals surface area contributed by atoms with E-state index in [0.29, 0.717) is 19.8 Å². The van der Waals surface area contributed by atoms with Crippen LogP contribution >= 0.6 is 0 Å². The van der Waals surface area contributed by atoms with Crippen molar-refractivity contribution in [3.63, 3.8) is 0 Å². The molecule has 3 fully saturated rings. The Morgan fingerprint density at radius 1 is 0.871 bits per heavy atom. The van der Waals surface area contributed by atoms with Gasteiger partial charge in [-0.25, -0.2) is 9.69 Å². The molecule has 1 aromatic rings. The summed E-state index contributed by atoms with van der Waals surface area (Å²) in [6.45, 7) is 3.90. The normalized spacial score (nSPS) is 23.3. The van der Waals surface area contributed by atoms with E-state index in [1.165, 1.54) is 17.0 Å². The highest BCUT2D eigenvalue weighted by molar-refractivity contribution is 6.07. The van der Waals surface area contributed by atoms with Crippen LogP contribution in [0.5, 0.6) is 0 Å². The molecule has 2 heterocycles. The fourth-order valence-electron chi connectivity index (χ4n) is 4.88. The summed E-state index contributed by atoms with van der Waals surface area (Å²) < 4.78 is 38.2. The van der Waals surface area contributed by atoms with E-state index in [2.05, 4.69) is 15.1 Å². The molecule has 1 aliphatic carbocycles. The fraction of sp³-hybridized carbons (Fsp3) is 0.636. The minimum Gasteiger partial charge on any atom is -0.323 e. The number of amides is 3. The van der Waals surface area contributed by atoms with Crippen LogP contribution in [0.4, 0.5) is 18.0 Å². The van der Waals surface area contributed by atoms with E-state index in [-0.39, 0.29) is 11.9 Å². The lowest BCUT2D eigenvalue weighted by Gasteiger charge is -2.31. The Bertz CT molecular complexity index is 806. The summed E-state index contributed by atoms with van der Waals surface area (Å²) in [5.41, 5.74) is -0.493. The number of carbonyl (C=O) groups is 2. The number of rotatable bonds is 4. The molecule has 0 unspecified atom stereocenters. The minimum atomic E-state index is -4.32. The molecular weight excluding hydrogens is 409 g/mol. The monoisotopic (exact) mass is 438 g/mol. The van der Waals surface area contributed by atoms with Crippen LogP contribution < -0.4 is 5.32 Å². The van der Waals surface area contributed by atoms with Crippen molar-refractivity contribution in [2.45, 2.75) is 56.8 Å². The van der Waals surface area contributed by atoms with Gasteiger partial charge in [-0.05, 0) is 43.5 Å². The van der Waals surface area contributed by atoms with E-state index in [1.54, 1.807) is 0 Å². The molecule has 6 nitrogen and oxygen atoms in total. The molecule has 1 N–H and O–H groups in total. The number of carbonyl (C=O) groups excluding carboxylic acids is 2. The Hall–Kier alpha value is -2.13. The predicted octanol–water partition coefficient (Wildman–Crippen LogP) is 3.43. The van der Waals surface area contributed by atoms with Crippen molar-refractivity contribution in [2.75, 3.05) is 32.8 Å². The summed E-state index contributed by atoms with van der Waals surface area (Å²) in [4.78, 5) is 31.2. The summed E-state index contributed by atoms with van der Waals surface area (Å²) in [6, 6.07) is 5.01. The van der Waals surface area contributed by atoms with Crippen molar-refractivity contribution < 1.29 is 22.8 Å². The third-order valence-electron chi connectivity index (χ3n) is 6.66. The van der Waals surface area contributed by atoms with E-state index in [4.69, 9.17) is 0 Å². The van der Waals surface area contributed by atoms with E-state index in [9.17, 15) is 22.8 Å². The van der Waals surface area contributed by atoms with E-state index >= 15 is 0 Å². The zero-order valence-electron chi connectivity index (χ0n) is 17.6. The number of imide groups is 1. The number of nitrogens with zero attached hydrogens (tertiary/aromatic N) is 3. The molecule has 1 saturated carbocycles. The quantitative estimate of drug-likeness (QED) is 0.732. The lowest BCUT2D eigenvalue weighted by molar-refractivity contribution is -0.137. The third kappa shape index (κ3) is 4.87. The van der Waals surface area contributed by atoms with E-state index < -0.39 is 17.3 Å². The van der Waals surface area contributed by atoms with Crippen LogP contribution in [0.2, 0.25) is 0 Å². The topological polar surface area (TPSA) is 55.9 Å². The summed E-state index contributed by atoms with van der Waals surface area (Å²) in [5.74, 6) is -0.0944. The number of urea groups is 1. The van der Waals surface area contributed by atoms with Gasteiger partial charge in [0.2, 0.25) is 0 Å². The maximum Gasteiger partial charge on any atom is 0.416 e. The first-order valence-corrected chi connectivity index (χ1v) is 11.0. The second-order valence-corrected chi connectivity index (χ2v) is 8.89. The van der Waals surface area contributed by atoms with Crippen LogP contribution in [0.3, 0.4) is 0 Å². The summed E-state index contributed by atoms with van der Waals surface area (Å²) in [7, 11) is 0. The average Bonchev–Trinajstić information content (AvgIpc) is 2.88. The number of alkyl halides is 3. The first kappa shape index (κ1) is 22.1. The molecule has 31 heavy (non-hydrogen) atoms. The Kier molecular flexibility index (Phi) is 6.25.